The fourth-order valence-corrected chi connectivity index (χ4v) is 2.46. The summed E-state index contributed by atoms with van der Waals surface area (Å²) in [6.45, 7) is 1.84. The highest BCUT2D eigenvalue weighted by molar-refractivity contribution is 7.15. The number of nitrogens with zero attached hydrogens (tertiary/aromatic N) is 2. The van der Waals surface area contributed by atoms with E-state index in [0.29, 0.717) is 18.0 Å². The minimum atomic E-state index is -0.101. The van der Waals surface area contributed by atoms with Crippen LogP contribution in [0.15, 0.2) is 18.2 Å². The number of anilines is 1. The molecule has 1 amide bonds. The molecule has 112 valence electrons. The van der Waals surface area contributed by atoms with Gasteiger partial charge in [-0.1, -0.05) is 11.3 Å². The maximum absolute atomic E-state index is 11.9. The van der Waals surface area contributed by atoms with E-state index < -0.39 is 0 Å². The summed E-state index contributed by atoms with van der Waals surface area (Å²) in [5, 5.41) is 11.8. The van der Waals surface area contributed by atoms with E-state index in [9.17, 15) is 4.79 Å². The number of aryl methyl sites for hydroxylation is 2. The number of ether oxygens (including phenoxy) is 2. The van der Waals surface area contributed by atoms with Gasteiger partial charge in [-0.25, -0.2) is 0 Å². The average molecular weight is 307 g/mol. The van der Waals surface area contributed by atoms with Crippen LogP contribution in [0.1, 0.15) is 17.0 Å². The third-order valence-electron chi connectivity index (χ3n) is 2.88. The molecule has 0 fully saturated rings. The van der Waals surface area contributed by atoms with Crippen molar-refractivity contribution < 1.29 is 14.3 Å². The Morgan fingerprint density at radius 1 is 1.29 bits per heavy atom. The van der Waals surface area contributed by atoms with Gasteiger partial charge in [0.05, 0.1) is 14.2 Å². The number of rotatable bonds is 6. The quantitative estimate of drug-likeness (QED) is 0.887. The third kappa shape index (κ3) is 4.16. The fraction of sp³-hybridized carbons (Fsp3) is 0.357. The molecular weight excluding hydrogens is 290 g/mol. The summed E-state index contributed by atoms with van der Waals surface area (Å²) < 4.78 is 10.5. The Labute approximate surface area is 127 Å². The molecule has 0 aliphatic heterocycles. The molecule has 0 aliphatic carbocycles. The van der Waals surface area contributed by atoms with Gasteiger partial charge in [0.1, 0.15) is 16.5 Å². The van der Waals surface area contributed by atoms with Crippen molar-refractivity contribution in [2.24, 2.45) is 0 Å². The highest BCUT2D eigenvalue weighted by atomic mass is 32.1. The van der Waals surface area contributed by atoms with Gasteiger partial charge < -0.3 is 14.8 Å². The normalized spacial score (nSPS) is 10.2. The predicted molar refractivity (Wildman–Crippen MR) is 81.1 cm³/mol. The molecule has 2 aromatic rings. The molecule has 0 radical (unpaired) electrons. The lowest BCUT2D eigenvalue weighted by atomic mass is 10.1. The van der Waals surface area contributed by atoms with E-state index in [0.717, 1.165) is 22.1 Å². The fourth-order valence-electron chi connectivity index (χ4n) is 1.85. The molecule has 7 heteroatoms. The van der Waals surface area contributed by atoms with Crippen LogP contribution in [0, 0.1) is 6.92 Å². The zero-order valence-electron chi connectivity index (χ0n) is 12.2. The Morgan fingerprint density at radius 2 is 2.10 bits per heavy atom. The van der Waals surface area contributed by atoms with Gasteiger partial charge >= 0.3 is 0 Å². The van der Waals surface area contributed by atoms with Gasteiger partial charge in [-0.15, -0.1) is 10.2 Å². The van der Waals surface area contributed by atoms with Crippen molar-refractivity contribution in [1.82, 2.24) is 10.2 Å². The summed E-state index contributed by atoms with van der Waals surface area (Å²) in [4.78, 5) is 11.9. The molecule has 0 saturated carbocycles. The van der Waals surface area contributed by atoms with Gasteiger partial charge in [-0.2, -0.15) is 0 Å². The van der Waals surface area contributed by atoms with Crippen LogP contribution in [0.4, 0.5) is 5.13 Å². The van der Waals surface area contributed by atoms with Crippen molar-refractivity contribution in [3.05, 3.63) is 28.8 Å². The number of benzene rings is 1. The second-order valence-corrected chi connectivity index (χ2v) is 5.53. The minimum Gasteiger partial charge on any atom is -0.497 e. The molecule has 1 aromatic heterocycles. The van der Waals surface area contributed by atoms with Gasteiger partial charge in [-0.05, 0) is 37.1 Å². The average Bonchev–Trinajstić information content (AvgIpc) is 2.89. The van der Waals surface area contributed by atoms with Crippen LogP contribution in [-0.2, 0) is 11.2 Å². The van der Waals surface area contributed by atoms with Crippen LogP contribution in [0.5, 0.6) is 11.5 Å². The van der Waals surface area contributed by atoms with Gasteiger partial charge in [0, 0.05) is 6.42 Å². The number of hydrogen-bond acceptors (Lipinski definition) is 6. The zero-order valence-corrected chi connectivity index (χ0v) is 13.0. The summed E-state index contributed by atoms with van der Waals surface area (Å²) >= 11 is 1.35. The van der Waals surface area contributed by atoms with Gasteiger partial charge in [0.15, 0.2) is 0 Å². The standard InChI is InChI=1S/C14H17N3O3S/c1-9-16-17-14(21-9)15-13(18)7-4-10-8-11(19-2)5-6-12(10)20-3/h5-6,8H,4,7H2,1-3H3,(H,15,17,18). The van der Waals surface area contributed by atoms with Crippen molar-refractivity contribution in [3.63, 3.8) is 0 Å². The molecular formula is C14H17N3O3S. The second kappa shape index (κ2) is 7.03. The first-order valence-corrected chi connectivity index (χ1v) is 7.25. The minimum absolute atomic E-state index is 0.101. The molecule has 0 spiro atoms. The Kier molecular flexibility index (Phi) is 5.10. The molecule has 0 atom stereocenters. The van der Waals surface area contributed by atoms with Crippen LogP contribution >= 0.6 is 11.3 Å². The smallest absolute Gasteiger partial charge is 0.226 e. The first-order valence-electron chi connectivity index (χ1n) is 6.43. The number of aromatic nitrogens is 2. The SMILES string of the molecule is COc1ccc(OC)c(CCC(=O)Nc2nnc(C)s2)c1. The highest BCUT2D eigenvalue weighted by Gasteiger charge is 2.10. The number of nitrogens with one attached hydrogen (secondary N) is 1. The Balaban J connectivity index is 1.97. The lowest BCUT2D eigenvalue weighted by Gasteiger charge is -2.10. The van der Waals surface area contributed by atoms with Crippen LogP contribution in [0.3, 0.4) is 0 Å². The maximum Gasteiger partial charge on any atom is 0.226 e. The molecule has 2 rings (SSSR count). The van der Waals surface area contributed by atoms with Crippen LogP contribution < -0.4 is 14.8 Å². The summed E-state index contributed by atoms with van der Waals surface area (Å²) in [7, 11) is 3.21. The molecule has 21 heavy (non-hydrogen) atoms. The van der Waals surface area contributed by atoms with E-state index in [1.807, 2.05) is 25.1 Å². The summed E-state index contributed by atoms with van der Waals surface area (Å²) in [6.07, 6.45) is 0.895. The van der Waals surface area contributed by atoms with E-state index in [-0.39, 0.29) is 5.91 Å². The molecule has 0 unspecified atom stereocenters. The zero-order chi connectivity index (χ0) is 15.2. The monoisotopic (exact) mass is 307 g/mol. The number of methoxy groups -OCH3 is 2. The number of hydrogen-bond donors (Lipinski definition) is 1. The topological polar surface area (TPSA) is 73.3 Å². The Bertz CT molecular complexity index is 628. The number of carbonyl (C=O) groups excluding carboxylic acids is 1. The molecule has 1 heterocycles. The van der Waals surface area contributed by atoms with E-state index in [1.54, 1.807) is 14.2 Å². The first kappa shape index (κ1) is 15.2. The number of carbonyl (C=O) groups is 1. The van der Waals surface area contributed by atoms with Crippen molar-refractivity contribution >= 4 is 22.4 Å². The molecule has 1 aromatic carbocycles. The highest BCUT2D eigenvalue weighted by Crippen LogP contribution is 2.25. The van der Waals surface area contributed by atoms with Crippen LogP contribution in [0.25, 0.3) is 0 Å². The van der Waals surface area contributed by atoms with E-state index in [2.05, 4.69) is 15.5 Å². The maximum atomic E-state index is 11.9. The molecule has 0 aliphatic rings. The molecule has 0 saturated heterocycles. The second-order valence-electron chi connectivity index (χ2n) is 4.35. The van der Waals surface area contributed by atoms with Crippen molar-refractivity contribution in [2.45, 2.75) is 19.8 Å². The third-order valence-corrected chi connectivity index (χ3v) is 3.64. The first-order chi connectivity index (χ1) is 10.1. The summed E-state index contributed by atoms with van der Waals surface area (Å²) in [5.41, 5.74) is 0.931. The van der Waals surface area contributed by atoms with Crippen molar-refractivity contribution in [3.8, 4) is 11.5 Å². The van der Waals surface area contributed by atoms with Gasteiger partial charge in [-0.3, -0.25) is 4.79 Å². The van der Waals surface area contributed by atoms with Crippen LogP contribution in [-0.4, -0.2) is 30.3 Å². The van der Waals surface area contributed by atoms with Gasteiger partial charge in [0.25, 0.3) is 0 Å². The molecule has 0 bridgehead atoms. The van der Waals surface area contributed by atoms with Gasteiger partial charge in [0.2, 0.25) is 11.0 Å². The molecule has 6 nitrogen and oxygen atoms in total. The largest absolute Gasteiger partial charge is 0.497 e. The summed E-state index contributed by atoms with van der Waals surface area (Å²) in [5.74, 6) is 1.39. The van der Waals surface area contributed by atoms with Crippen molar-refractivity contribution in [1.29, 1.82) is 0 Å². The summed E-state index contributed by atoms with van der Waals surface area (Å²) in [6, 6.07) is 5.54. The van der Waals surface area contributed by atoms with Crippen molar-refractivity contribution in [2.75, 3.05) is 19.5 Å². The van der Waals surface area contributed by atoms with E-state index in [4.69, 9.17) is 9.47 Å². The Morgan fingerprint density at radius 3 is 2.71 bits per heavy atom. The van der Waals surface area contributed by atoms with E-state index in [1.165, 1.54) is 11.3 Å². The lowest BCUT2D eigenvalue weighted by molar-refractivity contribution is -0.116. The Hall–Kier alpha value is -2.15. The lowest BCUT2D eigenvalue weighted by Crippen LogP contribution is -2.12. The number of amides is 1. The van der Waals surface area contributed by atoms with Crippen LogP contribution in [0.2, 0.25) is 0 Å². The molecule has 1 N–H and O–H groups in total. The van der Waals surface area contributed by atoms with E-state index >= 15 is 0 Å². The predicted octanol–water partition coefficient (Wildman–Crippen LogP) is 2.44.